The van der Waals surface area contributed by atoms with Crippen LogP contribution in [-0.2, 0) is 4.79 Å². The highest BCUT2D eigenvalue weighted by Gasteiger charge is 2.63. The zero-order valence-corrected chi connectivity index (χ0v) is 16.0. The van der Waals surface area contributed by atoms with Gasteiger partial charge in [0.2, 0.25) is 5.91 Å². The summed E-state index contributed by atoms with van der Waals surface area (Å²) in [5.74, 6) is 0.686. The first-order chi connectivity index (χ1) is 13.7. The molecule has 1 aromatic heterocycles. The molecule has 1 atom stereocenters. The second-order valence-corrected chi connectivity index (χ2v) is 8.39. The van der Waals surface area contributed by atoms with E-state index in [-0.39, 0.29) is 23.4 Å². The van der Waals surface area contributed by atoms with Crippen LogP contribution in [0.3, 0.4) is 0 Å². The lowest BCUT2D eigenvalue weighted by Crippen LogP contribution is -2.66. The van der Waals surface area contributed by atoms with E-state index in [1.54, 1.807) is 12.1 Å². The van der Waals surface area contributed by atoms with Gasteiger partial charge in [-0.15, -0.1) is 0 Å². The fourth-order valence-electron chi connectivity index (χ4n) is 5.58. The minimum absolute atomic E-state index is 0.0507. The molecule has 0 bridgehead atoms. The van der Waals surface area contributed by atoms with Crippen molar-refractivity contribution in [2.75, 3.05) is 13.1 Å². The number of carbonyl (C=O) groups is 2. The molecule has 0 radical (unpaired) electrons. The zero-order chi connectivity index (χ0) is 19.1. The molecule has 1 aromatic carbocycles. The minimum atomic E-state index is -0.178. The van der Waals surface area contributed by atoms with Crippen molar-refractivity contribution in [3.05, 3.63) is 60.1 Å². The summed E-state index contributed by atoms with van der Waals surface area (Å²) in [4.78, 5) is 29.8. The lowest BCUT2D eigenvalue weighted by atomic mass is 9.65. The number of hydrogen-bond acceptors (Lipinski definition) is 3. The minimum Gasteiger partial charge on any atom is -0.459 e. The molecule has 1 unspecified atom stereocenters. The zero-order valence-electron chi connectivity index (χ0n) is 16.0. The van der Waals surface area contributed by atoms with E-state index in [9.17, 15) is 9.59 Å². The summed E-state index contributed by atoms with van der Waals surface area (Å²) in [5, 5.41) is 0. The monoisotopic (exact) mass is 378 g/mol. The van der Waals surface area contributed by atoms with Gasteiger partial charge < -0.3 is 14.2 Å². The van der Waals surface area contributed by atoms with Crippen LogP contribution in [-0.4, -0.2) is 40.7 Å². The molecule has 1 spiro atoms. The first-order valence-corrected chi connectivity index (χ1v) is 10.4. The van der Waals surface area contributed by atoms with Crippen molar-refractivity contribution in [1.82, 2.24) is 9.80 Å². The number of carbonyl (C=O) groups excluding carboxylic acids is 2. The normalized spacial score (nSPS) is 24.6. The van der Waals surface area contributed by atoms with Crippen molar-refractivity contribution in [3.63, 3.8) is 0 Å². The predicted octanol–water partition coefficient (Wildman–Crippen LogP) is 4.03. The van der Waals surface area contributed by atoms with E-state index in [2.05, 4.69) is 29.2 Å². The van der Waals surface area contributed by atoms with Gasteiger partial charge in [0.15, 0.2) is 5.76 Å². The molecule has 2 saturated heterocycles. The Morgan fingerprint density at radius 3 is 2.36 bits per heavy atom. The Morgan fingerprint density at radius 2 is 1.71 bits per heavy atom. The van der Waals surface area contributed by atoms with Crippen molar-refractivity contribution in [2.24, 2.45) is 5.41 Å². The molecule has 3 aliphatic rings. The third-order valence-electron chi connectivity index (χ3n) is 6.95. The van der Waals surface area contributed by atoms with Gasteiger partial charge in [-0.1, -0.05) is 43.2 Å². The molecule has 5 heteroatoms. The molecule has 2 amide bonds. The third kappa shape index (κ3) is 2.60. The van der Waals surface area contributed by atoms with Crippen molar-refractivity contribution < 1.29 is 14.0 Å². The van der Waals surface area contributed by atoms with E-state index < -0.39 is 0 Å². The molecule has 28 heavy (non-hydrogen) atoms. The summed E-state index contributed by atoms with van der Waals surface area (Å²) >= 11 is 0. The molecule has 5 rings (SSSR count). The lowest BCUT2D eigenvalue weighted by molar-refractivity contribution is -0.180. The number of piperidine rings is 1. The van der Waals surface area contributed by atoms with E-state index in [1.807, 2.05) is 11.0 Å². The van der Waals surface area contributed by atoms with E-state index in [4.69, 9.17) is 4.42 Å². The average Bonchev–Trinajstić information content (AvgIpc) is 3.45. The van der Waals surface area contributed by atoms with Gasteiger partial charge in [0.25, 0.3) is 5.91 Å². The molecule has 2 aliphatic heterocycles. The van der Waals surface area contributed by atoms with Crippen molar-refractivity contribution in [1.29, 1.82) is 0 Å². The van der Waals surface area contributed by atoms with Crippen LogP contribution < -0.4 is 0 Å². The van der Waals surface area contributed by atoms with Gasteiger partial charge in [-0.2, -0.15) is 0 Å². The van der Waals surface area contributed by atoms with Crippen LogP contribution in [0.5, 0.6) is 0 Å². The van der Waals surface area contributed by atoms with Crippen LogP contribution in [0.2, 0.25) is 0 Å². The number of nitrogens with zero attached hydrogens (tertiary/aromatic N) is 2. The first-order valence-electron chi connectivity index (χ1n) is 10.4. The van der Waals surface area contributed by atoms with E-state index >= 15 is 0 Å². The number of hydrogen-bond donors (Lipinski definition) is 0. The maximum Gasteiger partial charge on any atom is 0.289 e. The maximum atomic E-state index is 13.3. The second kappa shape index (κ2) is 6.80. The average molecular weight is 378 g/mol. The molecule has 5 nitrogen and oxygen atoms in total. The van der Waals surface area contributed by atoms with E-state index in [0.29, 0.717) is 24.8 Å². The molecule has 2 aromatic rings. The fourth-order valence-corrected chi connectivity index (χ4v) is 5.58. The Balaban J connectivity index is 1.33. The Bertz CT molecular complexity index is 847. The fraction of sp³-hybridized carbons (Fsp3) is 0.478. The summed E-state index contributed by atoms with van der Waals surface area (Å²) in [6.45, 7) is 1.34. The molecule has 0 N–H and O–H groups in total. The van der Waals surface area contributed by atoms with Crippen LogP contribution in [0.1, 0.15) is 60.7 Å². The summed E-state index contributed by atoms with van der Waals surface area (Å²) in [5.41, 5.74) is 1.08. The Kier molecular flexibility index (Phi) is 4.26. The first kappa shape index (κ1) is 17.5. The molecule has 1 aliphatic carbocycles. The summed E-state index contributed by atoms with van der Waals surface area (Å²) in [7, 11) is 0. The molecule has 1 saturated carbocycles. The van der Waals surface area contributed by atoms with Crippen LogP contribution in [0.15, 0.2) is 53.1 Å². The molecular weight excluding hydrogens is 352 g/mol. The standard InChI is InChI=1S/C23H26N2O3/c26-21(19-9-6-16-28-19)24-14-10-18(11-15-24)25-20(17-7-2-1-3-8-17)23(22(25)27)12-4-5-13-23/h1-3,6-9,16,18,20H,4-5,10-15H2. The smallest absolute Gasteiger partial charge is 0.289 e. The summed E-state index contributed by atoms with van der Waals surface area (Å²) in [6.07, 6.45) is 7.52. The predicted molar refractivity (Wildman–Crippen MR) is 105 cm³/mol. The number of benzene rings is 1. The number of β-lactam (4-membered cyclic amide) rings is 1. The number of amides is 2. The Labute approximate surface area is 165 Å². The van der Waals surface area contributed by atoms with Gasteiger partial charge >= 0.3 is 0 Å². The molecular formula is C23H26N2O3. The van der Waals surface area contributed by atoms with Crippen molar-refractivity contribution in [2.45, 2.75) is 50.6 Å². The lowest BCUT2D eigenvalue weighted by Gasteiger charge is -2.59. The highest BCUT2D eigenvalue weighted by Crippen LogP contribution is 2.60. The summed E-state index contributed by atoms with van der Waals surface area (Å²) in [6, 6.07) is 14.4. The number of furan rings is 1. The molecule has 146 valence electrons. The van der Waals surface area contributed by atoms with Crippen LogP contribution >= 0.6 is 0 Å². The highest BCUT2D eigenvalue weighted by molar-refractivity contribution is 5.92. The Hall–Kier alpha value is -2.56. The van der Waals surface area contributed by atoms with Crippen LogP contribution in [0.25, 0.3) is 0 Å². The topological polar surface area (TPSA) is 53.8 Å². The second-order valence-electron chi connectivity index (χ2n) is 8.39. The van der Waals surface area contributed by atoms with Gasteiger partial charge in [0.05, 0.1) is 17.7 Å². The van der Waals surface area contributed by atoms with Gasteiger partial charge in [-0.3, -0.25) is 9.59 Å². The molecule has 3 heterocycles. The van der Waals surface area contributed by atoms with Gasteiger partial charge in [0.1, 0.15) is 0 Å². The summed E-state index contributed by atoms with van der Waals surface area (Å²) < 4.78 is 5.25. The Morgan fingerprint density at radius 1 is 1.00 bits per heavy atom. The van der Waals surface area contributed by atoms with Crippen molar-refractivity contribution in [3.8, 4) is 0 Å². The number of likely N-dealkylation sites (tertiary alicyclic amines) is 2. The van der Waals surface area contributed by atoms with Gasteiger partial charge in [0, 0.05) is 19.1 Å². The van der Waals surface area contributed by atoms with Gasteiger partial charge in [-0.05, 0) is 43.4 Å². The van der Waals surface area contributed by atoms with Crippen molar-refractivity contribution >= 4 is 11.8 Å². The number of rotatable bonds is 3. The quantitative estimate of drug-likeness (QED) is 0.758. The molecule has 3 fully saturated rings. The SMILES string of the molecule is O=C(c1ccco1)N1CCC(N2C(=O)C3(CCCC3)C2c2ccccc2)CC1. The third-order valence-corrected chi connectivity index (χ3v) is 6.95. The van der Waals surface area contributed by atoms with Crippen LogP contribution in [0, 0.1) is 5.41 Å². The largest absolute Gasteiger partial charge is 0.459 e. The van der Waals surface area contributed by atoms with E-state index in [1.165, 1.54) is 11.8 Å². The van der Waals surface area contributed by atoms with E-state index in [0.717, 1.165) is 38.5 Å². The van der Waals surface area contributed by atoms with Gasteiger partial charge in [-0.25, -0.2) is 0 Å². The highest BCUT2D eigenvalue weighted by atomic mass is 16.3. The maximum absolute atomic E-state index is 13.3. The van der Waals surface area contributed by atoms with Crippen LogP contribution in [0.4, 0.5) is 0 Å².